The van der Waals surface area contributed by atoms with Crippen LogP contribution in [0, 0.1) is 0 Å². The van der Waals surface area contributed by atoms with Crippen LogP contribution in [-0.4, -0.2) is 110 Å². The number of quaternary nitrogens is 1. The first kappa shape index (κ1) is 17.6. The Hall–Kier alpha value is 1.56. The molecule has 2 nitrogen and oxygen atoms in total. The molecule has 0 amide bonds. The van der Waals surface area contributed by atoms with Crippen molar-refractivity contribution in [2.75, 3.05) is 49.3 Å². The van der Waals surface area contributed by atoms with E-state index < -0.39 is 0 Å². The molecule has 0 aliphatic rings. The predicted octanol–water partition coefficient (Wildman–Crippen LogP) is -0.148. The van der Waals surface area contributed by atoms with Gasteiger partial charge in [-0.25, -0.2) is 0 Å². The van der Waals surface area contributed by atoms with Crippen LogP contribution in [0.15, 0.2) is 0 Å². The van der Waals surface area contributed by atoms with Crippen LogP contribution in [0.25, 0.3) is 0 Å². The average molecular weight is 173 g/mol. The molecule has 0 aliphatic heterocycles. The third-order valence-electron chi connectivity index (χ3n) is 0. The van der Waals surface area contributed by atoms with Crippen molar-refractivity contribution in [1.29, 1.82) is 0 Å². The van der Waals surface area contributed by atoms with Gasteiger partial charge in [0.1, 0.15) is 0 Å². The molecular formula is C7H22KN2+. The van der Waals surface area contributed by atoms with Gasteiger partial charge in [0.05, 0.1) is 28.2 Å². The van der Waals surface area contributed by atoms with Gasteiger partial charge in [0, 0.05) is 0 Å². The molecule has 0 N–H and O–H groups in total. The first-order chi connectivity index (χ1) is 3.73. The Bertz CT molecular complexity index is 48.4. The van der Waals surface area contributed by atoms with Gasteiger partial charge in [-0.3, -0.25) is 0 Å². The first-order valence-corrected chi connectivity index (χ1v) is 3.13. The molecule has 10 heavy (non-hydrogen) atoms. The summed E-state index contributed by atoms with van der Waals surface area (Å²) in [5.74, 6) is 0. The minimum atomic E-state index is 0. The SMILES string of the molecule is CN(C)C.C[N+](C)(C)C.[KH]. The monoisotopic (exact) mass is 173 g/mol. The number of hydrogen-bond donors (Lipinski definition) is 0. The van der Waals surface area contributed by atoms with Crippen LogP contribution >= 0.6 is 0 Å². The fourth-order valence-corrected chi connectivity index (χ4v) is 0. The van der Waals surface area contributed by atoms with Crippen molar-refractivity contribution in [3.63, 3.8) is 0 Å². The Kier molecular flexibility index (Phi) is 15.2. The van der Waals surface area contributed by atoms with Gasteiger partial charge in [-0.15, -0.1) is 0 Å². The molecule has 3 heteroatoms. The zero-order valence-electron chi connectivity index (χ0n) is 7.89. The van der Waals surface area contributed by atoms with Gasteiger partial charge in [0.15, 0.2) is 0 Å². The molecule has 0 aromatic heterocycles. The van der Waals surface area contributed by atoms with E-state index in [1.54, 1.807) is 0 Å². The van der Waals surface area contributed by atoms with E-state index in [1.165, 1.54) is 0 Å². The second-order valence-electron chi connectivity index (χ2n) is 4.02. The topological polar surface area (TPSA) is 3.24 Å². The van der Waals surface area contributed by atoms with E-state index in [4.69, 9.17) is 0 Å². The van der Waals surface area contributed by atoms with Crippen LogP contribution in [-0.2, 0) is 0 Å². The summed E-state index contributed by atoms with van der Waals surface area (Å²) in [5, 5.41) is 0. The Balaban J connectivity index is -0.0000000910. The zero-order chi connectivity index (χ0) is 8.08. The Morgan fingerprint density at radius 3 is 0.800 bits per heavy atom. The van der Waals surface area contributed by atoms with Crippen LogP contribution in [0.1, 0.15) is 0 Å². The summed E-state index contributed by atoms with van der Waals surface area (Å²) in [7, 11) is 14.5. The van der Waals surface area contributed by atoms with E-state index >= 15 is 0 Å². The summed E-state index contributed by atoms with van der Waals surface area (Å²) in [6.45, 7) is 0. The first-order valence-electron chi connectivity index (χ1n) is 3.13. The maximum atomic E-state index is 2.12. The summed E-state index contributed by atoms with van der Waals surface area (Å²) in [6, 6.07) is 0. The molecule has 0 saturated carbocycles. The van der Waals surface area contributed by atoms with E-state index in [-0.39, 0.29) is 51.4 Å². The fourth-order valence-electron chi connectivity index (χ4n) is 0. The molecule has 0 unspecified atom stereocenters. The molecule has 0 radical (unpaired) electrons. The molecule has 0 spiro atoms. The summed E-state index contributed by atoms with van der Waals surface area (Å²) in [6.07, 6.45) is 0. The molecule has 0 rings (SSSR count). The number of rotatable bonds is 0. The van der Waals surface area contributed by atoms with Crippen LogP contribution < -0.4 is 0 Å². The average Bonchev–Trinajstić information content (AvgIpc) is 1.19. The molecule has 0 saturated heterocycles. The second kappa shape index (κ2) is 8.65. The van der Waals surface area contributed by atoms with Gasteiger partial charge < -0.3 is 9.38 Å². The van der Waals surface area contributed by atoms with Gasteiger partial charge >= 0.3 is 51.4 Å². The number of hydrogen-bond acceptors (Lipinski definition) is 1. The second-order valence-corrected chi connectivity index (χ2v) is 4.02. The van der Waals surface area contributed by atoms with Gasteiger partial charge in [0.25, 0.3) is 0 Å². The van der Waals surface area contributed by atoms with E-state index in [2.05, 4.69) is 28.2 Å². The van der Waals surface area contributed by atoms with Crippen molar-refractivity contribution in [2.24, 2.45) is 0 Å². The van der Waals surface area contributed by atoms with Crippen LogP contribution in [0.5, 0.6) is 0 Å². The van der Waals surface area contributed by atoms with E-state index in [9.17, 15) is 0 Å². The summed E-state index contributed by atoms with van der Waals surface area (Å²) in [4.78, 5) is 2.00. The third-order valence-corrected chi connectivity index (χ3v) is 0. The molecule has 0 aromatic carbocycles. The van der Waals surface area contributed by atoms with Crippen LogP contribution in [0.4, 0.5) is 0 Å². The van der Waals surface area contributed by atoms with E-state index in [0.717, 1.165) is 4.48 Å². The molecule has 0 aliphatic carbocycles. The van der Waals surface area contributed by atoms with Crippen LogP contribution in [0.2, 0.25) is 0 Å². The molecule has 0 aromatic rings. The molecule has 60 valence electrons. The third kappa shape index (κ3) is 289. The summed E-state index contributed by atoms with van der Waals surface area (Å²) < 4.78 is 1.00. The maximum absolute atomic E-state index is 2.12. The molecular weight excluding hydrogens is 151 g/mol. The normalized spacial score (nSPS) is 9.60. The van der Waals surface area contributed by atoms with E-state index in [0.29, 0.717) is 0 Å². The fraction of sp³-hybridized carbons (Fsp3) is 1.00. The Morgan fingerprint density at radius 2 is 0.800 bits per heavy atom. The van der Waals surface area contributed by atoms with Gasteiger partial charge in [-0.1, -0.05) is 0 Å². The molecule has 0 atom stereocenters. The Morgan fingerprint density at radius 1 is 0.800 bits per heavy atom. The number of nitrogens with zero attached hydrogens (tertiary/aromatic N) is 2. The molecule has 0 bridgehead atoms. The van der Waals surface area contributed by atoms with Crippen molar-refractivity contribution in [2.45, 2.75) is 0 Å². The van der Waals surface area contributed by atoms with Crippen molar-refractivity contribution in [3.05, 3.63) is 0 Å². The van der Waals surface area contributed by atoms with Crippen molar-refractivity contribution >= 4 is 51.4 Å². The quantitative estimate of drug-likeness (QED) is 0.364. The van der Waals surface area contributed by atoms with Gasteiger partial charge in [0.2, 0.25) is 0 Å². The van der Waals surface area contributed by atoms with Crippen LogP contribution in [0.3, 0.4) is 0 Å². The van der Waals surface area contributed by atoms with Crippen molar-refractivity contribution in [3.8, 4) is 0 Å². The van der Waals surface area contributed by atoms with Crippen molar-refractivity contribution in [1.82, 2.24) is 4.90 Å². The van der Waals surface area contributed by atoms with Crippen molar-refractivity contribution < 1.29 is 4.48 Å². The Labute approximate surface area is 109 Å². The van der Waals surface area contributed by atoms with E-state index in [1.807, 2.05) is 26.0 Å². The van der Waals surface area contributed by atoms with Gasteiger partial charge in [-0.2, -0.15) is 0 Å². The van der Waals surface area contributed by atoms with Gasteiger partial charge in [-0.05, 0) is 21.1 Å². The predicted molar refractivity (Wildman–Crippen MR) is 50.7 cm³/mol. The standard InChI is InChI=1S/C4H12N.C3H9N.K.H/c1-5(2,3)4;1-4(2)3;;/h1-4H3;1-3H3;;/q+1;;;. The minimum absolute atomic E-state index is 0. The molecule has 0 fully saturated rings. The molecule has 0 heterocycles. The summed E-state index contributed by atoms with van der Waals surface area (Å²) >= 11 is 0. The summed E-state index contributed by atoms with van der Waals surface area (Å²) in [5.41, 5.74) is 0. The zero-order valence-corrected chi connectivity index (χ0v) is 7.89.